The first kappa shape index (κ1) is 34.5. The summed E-state index contributed by atoms with van der Waals surface area (Å²) in [4.78, 5) is 5.11. The minimum absolute atomic E-state index is 0.0564. The van der Waals surface area contributed by atoms with Gasteiger partial charge in [0.25, 0.3) is 0 Å². The van der Waals surface area contributed by atoms with Gasteiger partial charge in [-0.05, 0) is 94.4 Å². The summed E-state index contributed by atoms with van der Waals surface area (Å²) >= 11 is 0. The largest absolute Gasteiger partial charge is 0.383 e. The van der Waals surface area contributed by atoms with Gasteiger partial charge in [0.05, 0.1) is 5.70 Å². The van der Waals surface area contributed by atoms with Crippen LogP contribution >= 0.6 is 0 Å². The van der Waals surface area contributed by atoms with E-state index in [1.54, 1.807) is 0 Å². The Morgan fingerprint density at radius 3 is 1.89 bits per heavy atom. The number of aliphatic imine (C=N–C) groups is 1. The Morgan fingerprint density at radius 2 is 1.12 bits per heavy atom. The summed E-state index contributed by atoms with van der Waals surface area (Å²) in [6, 6.07) is 67.7. The van der Waals surface area contributed by atoms with Crippen molar-refractivity contribution in [3.05, 3.63) is 222 Å². The number of benzene rings is 9. The molecule has 2 heteroatoms. The molecule has 2 N–H and O–H groups in total. The predicted molar refractivity (Wildman–Crippen MR) is 243 cm³/mol. The van der Waals surface area contributed by atoms with Crippen molar-refractivity contribution in [2.24, 2.45) is 10.7 Å². The number of rotatable bonds is 7. The van der Waals surface area contributed by atoms with Gasteiger partial charge >= 0.3 is 0 Å². The number of amidine groups is 1. The van der Waals surface area contributed by atoms with E-state index in [1.807, 2.05) is 30.3 Å². The maximum Gasteiger partial charge on any atom is 0.131 e. The SMILES string of the molecule is CC1(C)c2ccccc2-c2ccc(C/C=C(\N=C(N)c3ccccc3)c3ccc(-c4c5ccccc5c(-c5ccccc5)c5ccc6ccccc6c45)cc3)cc21. The van der Waals surface area contributed by atoms with Gasteiger partial charge in [0.15, 0.2) is 0 Å². The number of hydrogen-bond donors (Lipinski definition) is 1. The molecule has 0 saturated carbocycles. The van der Waals surface area contributed by atoms with Crippen LogP contribution in [0.5, 0.6) is 0 Å². The molecule has 1 aliphatic carbocycles. The van der Waals surface area contributed by atoms with Crippen LogP contribution in [-0.4, -0.2) is 5.84 Å². The smallest absolute Gasteiger partial charge is 0.131 e. The van der Waals surface area contributed by atoms with Crippen LogP contribution in [0.1, 0.15) is 41.7 Å². The summed E-state index contributed by atoms with van der Waals surface area (Å²) in [7, 11) is 0. The molecule has 9 aromatic rings. The number of nitrogens with two attached hydrogens (primary N) is 1. The summed E-state index contributed by atoms with van der Waals surface area (Å²) in [6.45, 7) is 4.67. The molecule has 0 amide bonds. The van der Waals surface area contributed by atoms with Gasteiger partial charge in [-0.1, -0.05) is 208 Å². The van der Waals surface area contributed by atoms with Crippen molar-refractivity contribution in [2.45, 2.75) is 25.7 Å². The van der Waals surface area contributed by atoms with Gasteiger partial charge in [-0.2, -0.15) is 0 Å². The molecule has 272 valence electrons. The first-order valence-electron chi connectivity index (χ1n) is 19.8. The molecule has 0 fully saturated rings. The van der Waals surface area contributed by atoms with Crippen LogP contribution in [0.2, 0.25) is 0 Å². The Balaban J connectivity index is 1.11. The van der Waals surface area contributed by atoms with E-state index in [4.69, 9.17) is 10.7 Å². The quantitative estimate of drug-likeness (QED) is 0.0754. The van der Waals surface area contributed by atoms with E-state index in [2.05, 4.69) is 178 Å². The zero-order valence-electron chi connectivity index (χ0n) is 32.2. The third-order valence-corrected chi connectivity index (χ3v) is 11.9. The van der Waals surface area contributed by atoms with Gasteiger partial charge in [0.2, 0.25) is 0 Å². The predicted octanol–water partition coefficient (Wildman–Crippen LogP) is 13.8. The third kappa shape index (κ3) is 5.93. The molecule has 0 aromatic heterocycles. The lowest BCUT2D eigenvalue weighted by atomic mass is 9.82. The first-order chi connectivity index (χ1) is 28.0. The summed E-state index contributed by atoms with van der Waals surface area (Å²) in [5.74, 6) is 0.497. The molecular formula is C55H42N2. The van der Waals surface area contributed by atoms with Crippen molar-refractivity contribution in [1.29, 1.82) is 0 Å². The second-order valence-corrected chi connectivity index (χ2v) is 15.7. The fourth-order valence-electron chi connectivity index (χ4n) is 9.10. The second kappa shape index (κ2) is 13.9. The summed E-state index contributed by atoms with van der Waals surface area (Å²) in [6.07, 6.45) is 2.96. The average molecular weight is 731 g/mol. The molecule has 0 atom stereocenters. The highest BCUT2D eigenvalue weighted by molar-refractivity contribution is 6.27. The molecule has 0 spiro atoms. The Morgan fingerprint density at radius 1 is 0.509 bits per heavy atom. The van der Waals surface area contributed by atoms with Crippen LogP contribution in [0.15, 0.2) is 199 Å². The van der Waals surface area contributed by atoms with Gasteiger partial charge in [-0.15, -0.1) is 0 Å². The first-order valence-corrected chi connectivity index (χ1v) is 19.8. The second-order valence-electron chi connectivity index (χ2n) is 15.7. The molecule has 10 rings (SSSR count). The summed E-state index contributed by atoms with van der Waals surface area (Å²) in [5.41, 5.74) is 21.0. The van der Waals surface area contributed by atoms with E-state index >= 15 is 0 Å². The van der Waals surface area contributed by atoms with Gasteiger partial charge in [0, 0.05) is 11.0 Å². The van der Waals surface area contributed by atoms with E-state index in [9.17, 15) is 0 Å². The highest BCUT2D eigenvalue weighted by Crippen LogP contribution is 2.49. The van der Waals surface area contributed by atoms with Gasteiger partial charge in [-0.3, -0.25) is 0 Å². The van der Waals surface area contributed by atoms with Gasteiger partial charge in [-0.25, -0.2) is 4.99 Å². The van der Waals surface area contributed by atoms with E-state index < -0.39 is 0 Å². The molecular weight excluding hydrogens is 689 g/mol. The zero-order valence-corrected chi connectivity index (χ0v) is 32.2. The number of fused-ring (bicyclic) bond motifs is 7. The minimum atomic E-state index is -0.0564. The van der Waals surface area contributed by atoms with Crippen LogP contribution in [0.4, 0.5) is 0 Å². The van der Waals surface area contributed by atoms with Crippen LogP contribution in [0.3, 0.4) is 0 Å². The zero-order chi connectivity index (χ0) is 38.5. The van der Waals surface area contributed by atoms with Crippen molar-refractivity contribution >= 4 is 43.9 Å². The number of allylic oxidation sites excluding steroid dienone is 1. The Bertz CT molecular complexity index is 3040. The molecule has 2 nitrogen and oxygen atoms in total. The molecule has 0 aliphatic heterocycles. The topological polar surface area (TPSA) is 38.4 Å². The van der Waals surface area contributed by atoms with Crippen LogP contribution in [0, 0.1) is 0 Å². The molecule has 0 unspecified atom stereocenters. The summed E-state index contributed by atoms with van der Waals surface area (Å²) < 4.78 is 0. The van der Waals surface area contributed by atoms with Crippen molar-refractivity contribution in [2.75, 3.05) is 0 Å². The monoisotopic (exact) mass is 730 g/mol. The maximum atomic E-state index is 6.73. The fourth-order valence-corrected chi connectivity index (χ4v) is 9.10. The fraction of sp³-hybridized carbons (Fsp3) is 0.0727. The van der Waals surface area contributed by atoms with Crippen molar-refractivity contribution in [1.82, 2.24) is 0 Å². The van der Waals surface area contributed by atoms with Crippen molar-refractivity contribution in [3.63, 3.8) is 0 Å². The number of nitrogens with zero attached hydrogens (tertiary/aromatic N) is 1. The summed E-state index contributed by atoms with van der Waals surface area (Å²) in [5, 5.41) is 7.47. The van der Waals surface area contributed by atoms with Crippen LogP contribution in [-0.2, 0) is 11.8 Å². The van der Waals surface area contributed by atoms with E-state index in [-0.39, 0.29) is 5.41 Å². The highest BCUT2D eigenvalue weighted by atomic mass is 14.9. The Labute approximate surface area is 334 Å². The van der Waals surface area contributed by atoms with E-state index in [0.29, 0.717) is 5.84 Å². The third-order valence-electron chi connectivity index (χ3n) is 11.9. The average Bonchev–Trinajstić information content (AvgIpc) is 3.50. The maximum absolute atomic E-state index is 6.73. The minimum Gasteiger partial charge on any atom is -0.383 e. The van der Waals surface area contributed by atoms with E-state index in [0.717, 1.165) is 28.8 Å². The molecule has 57 heavy (non-hydrogen) atoms. The Kier molecular flexibility index (Phi) is 8.42. The normalized spacial score (nSPS) is 13.6. The van der Waals surface area contributed by atoms with Crippen LogP contribution < -0.4 is 5.73 Å². The molecule has 9 aromatic carbocycles. The Hall–Kier alpha value is -7.03. The lowest BCUT2D eigenvalue weighted by Gasteiger charge is -2.21. The highest BCUT2D eigenvalue weighted by Gasteiger charge is 2.35. The van der Waals surface area contributed by atoms with Crippen molar-refractivity contribution < 1.29 is 0 Å². The van der Waals surface area contributed by atoms with Crippen molar-refractivity contribution in [3.8, 4) is 33.4 Å². The molecule has 0 saturated heterocycles. The standard InChI is InChI=1S/C55H42N2/c1-55(2)48-24-14-13-21-43(48)44-32-25-36(35-49(44)55)26-34-50(57-54(56)41-18-7-4-8-19-41)38-27-29-40(30-28-38)52-46-23-12-11-22-45(46)51(39-16-5-3-6-17-39)47-33-31-37-15-9-10-20-42(37)53(47)52/h3-25,27-35H,26H2,1-2H3,(H2,56,57)/b50-34-. The molecule has 0 radical (unpaired) electrons. The number of hydrogen-bond acceptors (Lipinski definition) is 1. The lowest BCUT2D eigenvalue weighted by Crippen LogP contribution is -2.15. The lowest BCUT2D eigenvalue weighted by molar-refractivity contribution is 0.659. The molecule has 0 bridgehead atoms. The van der Waals surface area contributed by atoms with Gasteiger partial charge < -0.3 is 5.73 Å². The molecule has 1 aliphatic rings. The van der Waals surface area contributed by atoms with E-state index in [1.165, 1.54) is 76.8 Å². The van der Waals surface area contributed by atoms with Gasteiger partial charge in [0.1, 0.15) is 5.84 Å². The van der Waals surface area contributed by atoms with Crippen LogP contribution in [0.25, 0.3) is 71.4 Å². The molecule has 0 heterocycles.